The summed E-state index contributed by atoms with van der Waals surface area (Å²) in [6.07, 6.45) is 3.61. The molecule has 1 rings (SSSR count). The fraction of sp³-hybridized carbons (Fsp3) is 0.111. The van der Waals surface area contributed by atoms with E-state index in [1.54, 1.807) is 24.4 Å². The highest BCUT2D eigenvalue weighted by atomic mass is 35.5. The lowest BCUT2D eigenvalue weighted by molar-refractivity contribution is 1.28. The van der Waals surface area contributed by atoms with Crippen molar-refractivity contribution in [2.45, 2.75) is 0 Å². The second-order valence-corrected chi connectivity index (χ2v) is 4.09. The van der Waals surface area contributed by atoms with E-state index < -0.39 is 0 Å². The number of amidine groups is 1. The van der Waals surface area contributed by atoms with Crippen LogP contribution in [0.2, 0.25) is 10.0 Å². The molecule has 0 atom stereocenters. The summed E-state index contributed by atoms with van der Waals surface area (Å²) in [4.78, 5) is 4.16. The largest absolute Gasteiger partial charge is 0.271 e. The van der Waals surface area contributed by atoms with E-state index in [1.807, 2.05) is 6.26 Å². The Morgan fingerprint density at radius 2 is 2.27 bits per heavy atom. The van der Waals surface area contributed by atoms with Crippen LogP contribution in [0.5, 0.6) is 0 Å². The fourth-order valence-electron chi connectivity index (χ4n) is 0.854. The quantitative estimate of drug-likeness (QED) is 0.364. The smallest absolute Gasteiger partial charge is 0.183 e. The second-order valence-electron chi connectivity index (χ2n) is 2.45. The first-order chi connectivity index (χ1) is 7.17. The minimum atomic E-state index is 0.453. The van der Waals surface area contributed by atoms with Gasteiger partial charge in [0.2, 0.25) is 0 Å². The molecule has 0 bridgehead atoms. The normalized spacial score (nSPS) is 10.9. The molecule has 0 aliphatic heterocycles. The Bertz CT molecular complexity index is 426. The molecule has 78 valence electrons. The molecule has 0 aromatic heterocycles. The van der Waals surface area contributed by atoms with Gasteiger partial charge in [-0.3, -0.25) is 5.32 Å². The molecule has 3 nitrogen and oxygen atoms in total. The van der Waals surface area contributed by atoms with E-state index in [2.05, 4.69) is 10.3 Å². The maximum absolute atomic E-state index is 8.45. The topological polar surface area (TPSA) is 48.2 Å². The molecule has 0 saturated carbocycles. The third-order valence-corrected chi connectivity index (χ3v) is 2.61. The molecular weight excluding hydrogens is 253 g/mol. The number of nitriles is 1. The Morgan fingerprint density at radius 3 is 2.80 bits per heavy atom. The number of hydrogen-bond acceptors (Lipinski definition) is 3. The fourth-order valence-corrected chi connectivity index (χ4v) is 1.64. The zero-order valence-electron chi connectivity index (χ0n) is 7.79. The number of thioether (sulfide) groups is 1. The third kappa shape index (κ3) is 3.63. The summed E-state index contributed by atoms with van der Waals surface area (Å²) in [6.45, 7) is 0. The van der Waals surface area contributed by atoms with Gasteiger partial charge in [0, 0.05) is 5.02 Å². The highest BCUT2D eigenvalue weighted by Gasteiger charge is 2.01. The van der Waals surface area contributed by atoms with E-state index in [0.29, 0.717) is 20.9 Å². The Kier molecular flexibility index (Phi) is 4.76. The number of hydrogen-bond donors (Lipinski definition) is 1. The van der Waals surface area contributed by atoms with Gasteiger partial charge in [0.25, 0.3) is 0 Å². The lowest BCUT2D eigenvalue weighted by atomic mass is 10.3. The maximum atomic E-state index is 8.45. The summed E-state index contributed by atoms with van der Waals surface area (Å²) in [5, 5.41) is 12.4. The lowest BCUT2D eigenvalue weighted by Gasteiger charge is -2.01. The summed E-state index contributed by atoms with van der Waals surface area (Å²) in [7, 11) is 0. The van der Waals surface area contributed by atoms with E-state index in [4.69, 9.17) is 28.5 Å². The van der Waals surface area contributed by atoms with E-state index in [-0.39, 0.29) is 0 Å². The van der Waals surface area contributed by atoms with E-state index in [0.717, 1.165) is 0 Å². The molecule has 0 aliphatic rings. The van der Waals surface area contributed by atoms with Crippen LogP contribution in [0.3, 0.4) is 0 Å². The molecule has 6 heteroatoms. The van der Waals surface area contributed by atoms with Gasteiger partial charge in [-0.15, -0.1) is 0 Å². The molecule has 1 N–H and O–H groups in total. The van der Waals surface area contributed by atoms with Crippen LogP contribution in [0.1, 0.15) is 0 Å². The van der Waals surface area contributed by atoms with Crippen LogP contribution in [-0.2, 0) is 0 Å². The highest BCUT2D eigenvalue weighted by molar-refractivity contribution is 8.13. The Balaban J connectivity index is 3.01. The zero-order chi connectivity index (χ0) is 11.3. The third-order valence-electron chi connectivity index (χ3n) is 1.49. The summed E-state index contributed by atoms with van der Waals surface area (Å²) in [5.74, 6) is 0. The molecule has 0 saturated heterocycles. The maximum Gasteiger partial charge on any atom is 0.183 e. The van der Waals surface area contributed by atoms with Crippen molar-refractivity contribution < 1.29 is 0 Å². The molecule has 0 aliphatic carbocycles. The first-order valence-electron chi connectivity index (χ1n) is 3.90. The number of nitrogens with zero attached hydrogens (tertiary/aromatic N) is 2. The predicted molar refractivity (Wildman–Crippen MR) is 65.8 cm³/mol. The van der Waals surface area contributed by atoms with Crippen LogP contribution in [0, 0.1) is 11.5 Å². The van der Waals surface area contributed by atoms with Gasteiger partial charge in [0.15, 0.2) is 11.4 Å². The number of nitrogens with one attached hydrogen (secondary N) is 1. The van der Waals surface area contributed by atoms with Crippen molar-refractivity contribution in [2.75, 3.05) is 6.26 Å². The predicted octanol–water partition coefficient (Wildman–Crippen LogP) is 3.41. The molecular formula is C9H7Cl2N3S. The zero-order valence-corrected chi connectivity index (χ0v) is 10.1. The van der Waals surface area contributed by atoms with Crippen LogP contribution >= 0.6 is 35.0 Å². The summed E-state index contributed by atoms with van der Waals surface area (Å²) >= 11 is 13.0. The van der Waals surface area contributed by atoms with Crippen LogP contribution < -0.4 is 5.32 Å². The molecule has 0 fully saturated rings. The Labute approximate surface area is 102 Å². The average molecular weight is 260 g/mol. The van der Waals surface area contributed by atoms with Crippen molar-refractivity contribution in [2.24, 2.45) is 4.99 Å². The Hall–Kier alpha value is -0.890. The second kappa shape index (κ2) is 5.86. The standard InChI is InChI=1S/C9H7Cl2N3S/c1-15-9(13-5-12)14-8-3-2-6(10)4-7(8)11/h2-4H,1H3,(H,13,14). The van der Waals surface area contributed by atoms with Crippen LogP contribution in [0.15, 0.2) is 23.2 Å². The number of aliphatic imine (C=N–C) groups is 1. The van der Waals surface area contributed by atoms with E-state index in [1.165, 1.54) is 11.8 Å². The highest BCUT2D eigenvalue weighted by Crippen LogP contribution is 2.28. The van der Waals surface area contributed by atoms with Crippen molar-refractivity contribution >= 4 is 45.8 Å². The summed E-state index contributed by atoms with van der Waals surface area (Å²) < 4.78 is 0. The van der Waals surface area contributed by atoms with Crippen molar-refractivity contribution in [1.82, 2.24) is 5.32 Å². The van der Waals surface area contributed by atoms with E-state index in [9.17, 15) is 0 Å². The van der Waals surface area contributed by atoms with Gasteiger partial charge in [-0.05, 0) is 24.5 Å². The van der Waals surface area contributed by atoms with Crippen LogP contribution in [0.25, 0.3) is 0 Å². The van der Waals surface area contributed by atoms with Gasteiger partial charge in [-0.1, -0.05) is 35.0 Å². The van der Waals surface area contributed by atoms with Crippen molar-refractivity contribution in [3.8, 4) is 6.19 Å². The van der Waals surface area contributed by atoms with Gasteiger partial charge in [-0.2, -0.15) is 5.26 Å². The van der Waals surface area contributed by atoms with Gasteiger partial charge in [0.05, 0.1) is 10.7 Å². The van der Waals surface area contributed by atoms with Gasteiger partial charge >= 0.3 is 0 Å². The summed E-state index contributed by atoms with van der Waals surface area (Å²) in [6, 6.07) is 4.99. The van der Waals surface area contributed by atoms with Crippen molar-refractivity contribution in [1.29, 1.82) is 5.26 Å². The SMILES string of the molecule is CSC(=Nc1ccc(Cl)cc1Cl)NC#N. The van der Waals surface area contributed by atoms with Crippen molar-refractivity contribution in [3.05, 3.63) is 28.2 Å². The number of halogens is 2. The number of benzene rings is 1. The number of rotatable bonds is 1. The molecule has 0 spiro atoms. The minimum absolute atomic E-state index is 0.453. The molecule has 1 aromatic carbocycles. The average Bonchev–Trinajstić information content (AvgIpc) is 2.21. The molecule has 0 unspecified atom stereocenters. The molecule has 1 aromatic rings. The van der Waals surface area contributed by atoms with E-state index >= 15 is 0 Å². The van der Waals surface area contributed by atoms with Gasteiger partial charge < -0.3 is 0 Å². The molecule has 0 radical (unpaired) electrons. The minimum Gasteiger partial charge on any atom is -0.271 e. The lowest BCUT2D eigenvalue weighted by Crippen LogP contribution is -2.12. The summed E-state index contributed by atoms with van der Waals surface area (Å²) in [5.41, 5.74) is 0.577. The van der Waals surface area contributed by atoms with Gasteiger partial charge in [-0.25, -0.2) is 4.99 Å². The Morgan fingerprint density at radius 1 is 1.53 bits per heavy atom. The van der Waals surface area contributed by atoms with Gasteiger partial charge in [0.1, 0.15) is 0 Å². The molecule has 0 amide bonds. The molecule has 15 heavy (non-hydrogen) atoms. The first kappa shape index (κ1) is 12.2. The molecule has 0 heterocycles. The van der Waals surface area contributed by atoms with Crippen LogP contribution in [-0.4, -0.2) is 11.4 Å². The van der Waals surface area contributed by atoms with Crippen LogP contribution in [0.4, 0.5) is 5.69 Å². The first-order valence-corrected chi connectivity index (χ1v) is 5.88. The van der Waals surface area contributed by atoms with Crippen molar-refractivity contribution in [3.63, 3.8) is 0 Å². The monoisotopic (exact) mass is 259 g/mol.